The second-order valence-electron chi connectivity index (χ2n) is 5.05. The van der Waals surface area contributed by atoms with E-state index < -0.39 is 0 Å². The lowest BCUT2D eigenvalue weighted by Gasteiger charge is -2.22. The topological polar surface area (TPSA) is 0 Å². The van der Waals surface area contributed by atoms with Gasteiger partial charge < -0.3 is 0 Å². The van der Waals surface area contributed by atoms with Crippen molar-refractivity contribution in [2.75, 3.05) is 0 Å². The van der Waals surface area contributed by atoms with Gasteiger partial charge in [-0.05, 0) is 17.8 Å². The first-order chi connectivity index (χ1) is 5.68. The molecular formula is C12H24. The summed E-state index contributed by atoms with van der Waals surface area (Å²) in [6.45, 7) is 7.01. The van der Waals surface area contributed by atoms with Gasteiger partial charge in [0.15, 0.2) is 0 Å². The first-order valence-corrected chi connectivity index (χ1v) is 5.68. The highest BCUT2D eigenvalue weighted by Crippen LogP contribution is 2.27. The SMILES string of the molecule is CC1CC1.CC1CCC(C)CC1. The van der Waals surface area contributed by atoms with Crippen LogP contribution >= 0.6 is 0 Å². The van der Waals surface area contributed by atoms with Crippen LogP contribution in [0.1, 0.15) is 59.3 Å². The Morgan fingerprint density at radius 1 is 0.500 bits per heavy atom. The molecule has 0 unspecified atom stereocenters. The zero-order valence-corrected chi connectivity index (χ0v) is 8.97. The minimum atomic E-state index is 1.02. The Bertz CT molecular complexity index is 95.2. The fraction of sp³-hybridized carbons (Fsp3) is 1.00. The molecule has 0 N–H and O–H groups in total. The Morgan fingerprint density at radius 3 is 0.833 bits per heavy atom. The zero-order valence-electron chi connectivity index (χ0n) is 8.97. The molecule has 2 fully saturated rings. The predicted molar refractivity (Wildman–Crippen MR) is 55.2 cm³/mol. The molecule has 0 spiro atoms. The molecule has 2 aliphatic rings. The van der Waals surface area contributed by atoms with Gasteiger partial charge in [-0.15, -0.1) is 0 Å². The van der Waals surface area contributed by atoms with Gasteiger partial charge in [0.25, 0.3) is 0 Å². The van der Waals surface area contributed by atoms with Gasteiger partial charge in [0.2, 0.25) is 0 Å². The third-order valence-corrected chi connectivity index (χ3v) is 3.17. The molecule has 0 atom stereocenters. The maximum Gasteiger partial charge on any atom is -0.0443 e. The van der Waals surface area contributed by atoms with Crippen LogP contribution in [0.5, 0.6) is 0 Å². The standard InChI is InChI=1S/C8H16.C4H8/c1-7-3-5-8(2)6-4-7;1-4-2-3-4/h7-8H,3-6H2,1-2H3;4H,2-3H2,1H3. The molecule has 2 aliphatic carbocycles. The number of hydrogen-bond donors (Lipinski definition) is 0. The zero-order chi connectivity index (χ0) is 8.97. The lowest BCUT2D eigenvalue weighted by molar-refractivity contribution is 0.308. The molecule has 0 aromatic rings. The van der Waals surface area contributed by atoms with Crippen molar-refractivity contribution in [3.05, 3.63) is 0 Å². The van der Waals surface area contributed by atoms with Crippen LogP contribution in [0, 0.1) is 17.8 Å². The number of hydrogen-bond acceptors (Lipinski definition) is 0. The van der Waals surface area contributed by atoms with Crippen molar-refractivity contribution < 1.29 is 0 Å². The van der Waals surface area contributed by atoms with E-state index in [9.17, 15) is 0 Å². The van der Waals surface area contributed by atoms with Crippen molar-refractivity contribution in [2.45, 2.75) is 59.3 Å². The molecular weight excluding hydrogens is 144 g/mol. The monoisotopic (exact) mass is 168 g/mol. The molecule has 0 heteroatoms. The fourth-order valence-electron chi connectivity index (χ4n) is 1.59. The van der Waals surface area contributed by atoms with Gasteiger partial charge in [0, 0.05) is 0 Å². The molecule has 0 bridgehead atoms. The molecule has 12 heavy (non-hydrogen) atoms. The van der Waals surface area contributed by atoms with Crippen LogP contribution in [-0.4, -0.2) is 0 Å². The predicted octanol–water partition coefficient (Wildman–Crippen LogP) is 4.25. The van der Waals surface area contributed by atoms with Gasteiger partial charge in [-0.25, -0.2) is 0 Å². The van der Waals surface area contributed by atoms with E-state index in [0.29, 0.717) is 0 Å². The third-order valence-electron chi connectivity index (χ3n) is 3.17. The van der Waals surface area contributed by atoms with Crippen molar-refractivity contribution in [3.63, 3.8) is 0 Å². The average Bonchev–Trinajstić information content (AvgIpc) is 2.80. The van der Waals surface area contributed by atoms with Crippen molar-refractivity contribution in [2.24, 2.45) is 17.8 Å². The summed E-state index contributed by atoms with van der Waals surface area (Å²) in [5.41, 5.74) is 0. The Morgan fingerprint density at radius 2 is 0.667 bits per heavy atom. The molecule has 0 aromatic carbocycles. The highest BCUT2D eigenvalue weighted by atomic mass is 14.2. The van der Waals surface area contributed by atoms with Crippen LogP contribution in [0.15, 0.2) is 0 Å². The molecule has 0 heterocycles. The summed E-state index contributed by atoms with van der Waals surface area (Å²) >= 11 is 0. The second-order valence-corrected chi connectivity index (χ2v) is 5.05. The minimum absolute atomic E-state index is 1.02. The lowest BCUT2D eigenvalue weighted by Crippen LogP contribution is -2.08. The highest BCUT2D eigenvalue weighted by molar-refractivity contribution is 4.66. The maximum absolute atomic E-state index is 2.37. The van der Waals surface area contributed by atoms with E-state index in [-0.39, 0.29) is 0 Å². The molecule has 2 saturated carbocycles. The van der Waals surface area contributed by atoms with E-state index in [2.05, 4.69) is 20.8 Å². The van der Waals surface area contributed by atoms with Gasteiger partial charge >= 0.3 is 0 Å². The van der Waals surface area contributed by atoms with E-state index in [1.54, 1.807) is 0 Å². The van der Waals surface area contributed by atoms with Gasteiger partial charge in [-0.3, -0.25) is 0 Å². The van der Waals surface area contributed by atoms with Crippen LogP contribution in [-0.2, 0) is 0 Å². The van der Waals surface area contributed by atoms with Crippen LogP contribution in [0.3, 0.4) is 0 Å². The molecule has 0 radical (unpaired) electrons. The normalized spacial score (nSPS) is 35.2. The largest absolute Gasteiger partial charge is 0.0625 e. The van der Waals surface area contributed by atoms with Crippen molar-refractivity contribution in [1.29, 1.82) is 0 Å². The van der Waals surface area contributed by atoms with Crippen molar-refractivity contribution in [1.82, 2.24) is 0 Å². The van der Waals surface area contributed by atoms with Gasteiger partial charge in [0.1, 0.15) is 0 Å². The van der Waals surface area contributed by atoms with E-state index in [1.165, 1.54) is 38.5 Å². The van der Waals surface area contributed by atoms with E-state index in [4.69, 9.17) is 0 Å². The highest BCUT2D eigenvalue weighted by Gasteiger charge is 2.13. The third kappa shape index (κ3) is 4.79. The van der Waals surface area contributed by atoms with Gasteiger partial charge in [0.05, 0.1) is 0 Å². The summed E-state index contributed by atoms with van der Waals surface area (Å²) in [5.74, 6) is 3.12. The molecule has 0 saturated heterocycles. The molecule has 0 amide bonds. The lowest BCUT2D eigenvalue weighted by atomic mass is 9.84. The maximum atomic E-state index is 2.37. The summed E-state index contributed by atoms with van der Waals surface area (Å²) in [4.78, 5) is 0. The quantitative estimate of drug-likeness (QED) is 0.507. The second kappa shape index (κ2) is 4.89. The van der Waals surface area contributed by atoms with Crippen molar-refractivity contribution in [3.8, 4) is 0 Å². The molecule has 0 nitrogen and oxygen atoms in total. The Labute approximate surface area is 77.7 Å². The first kappa shape index (κ1) is 10.1. The van der Waals surface area contributed by atoms with E-state index in [0.717, 1.165) is 17.8 Å². The average molecular weight is 168 g/mol. The minimum Gasteiger partial charge on any atom is -0.0625 e. The molecule has 72 valence electrons. The molecule has 0 aromatic heterocycles. The van der Waals surface area contributed by atoms with Crippen molar-refractivity contribution >= 4 is 0 Å². The van der Waals surface area contributed by atoms with Gasteiger partial charge in [-0.2, -0.15) is 0 Å². The Kier molecular flexibility index (Phi) is 4.11. The summed E-state index contributed by atoms with van der Waals surface area (Å²) in [6, 6.07) is 0. The Balaban J connectivity index is 0.000000150. The number of rotatable bonds is 0. The van der Waals surface area contributed by atoms with Crippen LogP contribution in [0.4, 0.5) is 0 Å². The fourth-order valence-corrected chi connectivity index (χ4v) is 1.59. The summed E-state index contributed by atoms with van der Waals surface area (Å²) in [5, 5.41) is 0. The van der Waals surface area contributed by atoms with E-state index in [1.807, 2.05) is 0 Å². The summed E-state index contributed by atoms with van der Waals surface area (Å²) in [7, 11) is 0. The summed E-state index contributed by atoms with van der Waals surface area (Å²) in [6.07, 6.45) is 8.87. The van der Waals surface area contributed by atoms with E-state index >= 15 is 0 Å². The molecule has 0 aliphatic heterocycles. The summed E-state index contributed by atoms with van der Waals surface area (Å²) < 4.78 is 0. The first-order valence-electron chi connectivity index (χ1n) is 5.68. The Hall–Kier alpha value is 0. The van der Waals surface area contributed by atoms with Gasteiger partial charge in [-0.1, -0.05) is 59.3 Å². The van der Waals surface area contributed by atoms with Crippen LogP contribution in [0.2, 0.25) is 0 Å². The molecule has 2 rings (SSSR count). The van der Waals surface area contributed by atoms with Crippen LogP contribution in [0.25, 0.3) is 0 Å². The van der Waals surface area contributed by atoms with Crippen LogP contribution < -0.4 is 0 Å². The smallest absolute Gasteiger partial charge is 0.0443 e.